The van der Waals surface area contributed by atoms with Gasteiger partial charge in [0.05, 0.1) is 25.7 Å². The maximum absolute atomic E-state index is 11.4. The first kappa shape index (κ1) is 48.3. The maximum atomic E-state index is 11.4. The van der Waals surface area contributed by atoms with Crippen LogP contribution in [0, 0.1) is 0 Å². The van der Waals surface area contributed by atoms with Gasteiger partial charge in [0.2, 0.25) is 39.3 Å². The Labute approximate surface area is 382 Å². The second-order valence-electron chi connectivity index (χ2n) is 14.5. The third-order valence-electron chi connectivity index (χ3n) is 9.89. The molecule has 22 nitrogen and oxygen atoms in total. The van der Waals surface area contributed by atoms with Crippen molar-refractivity contribution in [3.63, 3.8) is 0 Å². The topological polar surface area (TPSA) is 287 Å². The lowest BCUT2D eigenvalue weighted by Crippen LogP contribution is -2.26. The van der Waals surface area contributed by atoms with Crippen LogP contribution in [0.25, 0.3) is 34.7 Å². The van der Waals surface area contributed by atoms with Crippen molar-refractivity contribution in [1.29, 1.82) is 0 Å². The summed E-state index contributed by atoms with van der Waals surface area (Å²) in [5, 5.41) is 11.2. The van der Waals surface area contributed by atoms with E-state index in [-0.39, 0.29) is 23.5 Å². The molecule has 23 heteroatoms. The molecule has 8 aromatic rings. The van der Waals surface area contributed by atoms with E-state index in [2.05, 4.69) is 118 Å². The van der Waals surface area contributed by atoms with Crippen LogP contribution in [0.3, 0.4) is 0 Å². The van der Waals surface area contributed by atoms with Gasteiger partial charge in [0.15, 0.2) is 11.5 Å². The lowest BCUT2D eigenvalue weighted by molar-refractivity contribution is 0.205. The fraction of sp³-hybridized carbons (Fsp3) is 0.349. The highest BCUT2D eigenvalue weighted by atomic mass is 32.2. The minimum Gasteiger partial charge on any atom is -0.461 e. The number of hydrogen-bond acceptors (Lipinski definition) is 20. The van der Waals surface area contributed by atoms with Gasteiger partial charge in [-0.25, -0.2) is 8.42 Å². The van der Waals surface area contributed by atoms with Crippen LogP contribution in [-0.2, 0) is 32.2 Å². The van der Waals surface area contributed by atoms with Gasteiger partial charge in [0.25, 0.3) is 16.7 Å². The predicted molar refractivity (Wildman–Crippen MR) is 252 cm³/mol. The van der Waals surface area contributed by atoms with E-state index in [1.165, 1.54) is 33.3 Å². The molecule has 0 amide bonds. The van der Waals surface area contributed by atoms with Crippen molar-refractivity contribution in [2.45, 2.75) is 31.8 Å². The molecule has 0 aliphatic rings. The van der Waals surface area contributed by atoms with Crippen molar-refractivity contribution in [2.75, 3.05) is 99.5 Å². The lowest BCUT2D eigenvalue weighted by Gasteiger charge is -2.22. The molecule has 0 spiro atoms. The van der Waals surface area contributed by atoms with Gasteiger partial charge < -0.3 is 50.6 Å². The second kappa shape index (κ2) is 23.1. The van der Waals surface area contributed by atoms with Gasteiger partial charge >= 0.3 is 0 Å². The van der Waals surface area contributed by atoms with E-state index in [9.17, 15) is 8.42 Å². The fourth-order valence-electron chi connectivity index (χ4n) is 6.43. The van der Waals surface area contributed by atoms with Gasteiger partial charge in [-0.3, -0.25) is 0 Å². The van der Waals surface area contributed by atoms with Gasteiger partial charge in [-0.2, -0.15) is 38.9 Å². The number of methoxy groups -OCH3 is 2. The van der Waals surface area contributed by atoms with E-state index >= 15 is 0 Å². The molecule has 0 saturated carbocycles. The van der Waals surface area contributed by atoms with Crippen LogP contribution in [0.1, 0.15) is 25.0 Å². The minimum absolute atomic E-state index is 0.0410. The average Bonchev–Trinajstić information content (AvgIpc) is 4.16. The van der Waals surface area contributed by atoms with E-state index in [1.54, 1.807) is 44.7 Å². The van der Waals surface area contributed by atoms with E-state index in [1.807, 2.05) is 0 Å². The van der Waals surface area contributed by atoms with E-state index in [0.717, 1.165) is 56.4 Å². The zero-order chi connectivity index (χ0) is 47.1. The first-order chi connectivity index (χ1) is 31.9. The summed E-state index contributed by atoms with van der Waals surface area (Å²) in [5.41, 5.74) is 22.1. The predicted octanol–water partition coefficient (Wildman–Crippen LogP) is 3.91. The third-order valence-corrected chi connectivity index (χ3v) is 10.7. The normalized spacial score (nSPS) is 11.2. The van der Waals surface area contributed by atoms with Gasteiger partial charge in [0.1, 0.15) is 0 Å². The highest BCUT2D eigenvalue weighted by molar-refractivity contribution is 7.90. The quantitative estimate of drug-likeness (QED) is 0.0894. The first-order valence-electron chi connectivity index (χ1n) is 21.1. The van der Waals surface area contributed by atoms with Crippen LogP contribution in [0.5, 0.6) is 0 Å². The molecule has 0 atom stereocenters. The number of nitrogens with one attached hydrogen (secondary N) is 1. The van der Waals surface area contributed by atoms with Crippen LogP contribution in [0.4, 0.5) is 29.2 Å². The first-order valence-corrected chi connectivity index (χ1v) is 23.0. The molecule has 0 unspecified atom stereocenters. The number of nitrogen functional groups attached to an aromatic ring is 2. The number of ether oxygens (including phenoxy) is 2. The second-order valence-corrected chi connectivity index (χ2v) is 16.4. The molecule has 350 valence electrons. The largest absolute Gasteiger partial charge is 0.461 e. The molecule has 0 fully saturated rings. The van der Waals surface area contributed by atoms with Crippen LogP contribution >= 0.6 is 0 Å². The molecule has 0 radical (unpaired) electrons. The molecule has 0 saturated heterocycles. The molecule has 7 N–H and O–H groups in total. The van der Waals surface area contributed by atoms with Crippen LogP contribution < -0.4 is 32.3 Å². The Morgan fingerprint density at radius 2 is 1.15 bits per heavy atom. The van der Waals surface area contributed by atoms with E-state index < -0.39 is 15.0 Å². The van der Waals surface area contributed by atoms with Gasteiger partial charge in [-0.05, 0) is 92.9 Å². The monoisotopic (exact) mass is 924 g/mol. The SMILES string of the molecule is CCN(CCOC)c1ccc(CCN)cc1.CCN(CCOC)c1ccc(CCNc2nc(N)n3nc(-c4ccco4)nc3n2)cc1.CS(=O)(=O)c1nc(N)n2nc(-c3ccco3)nc2n1. The number of fused-ring (bicyclic) bond motifs is 2. The third kappa shape index (κ3) is 12.7. The summed E-state index contributed by atoms with van der Waals surface area (Å²) in [5.74, 6) is 2.54. The summed E-state index contributed by atoms with van der Waals surface area (Å²) in [6.45, 7) is 10.9. The lowest BCUT2D eigenvalue weighted by atomic mass is 10.1. The Morgan fingerprint density at radius 3 is 1.59 bits per heavy atom. The summed E-state index contributed by atoms with van der Waals surface area (Å²) >= 11 is 0. The number of anilines is 5. The highest BCUT2D eigenvalue weighted by Crippen LogP contribution is 2.20. The molecule has 0 aliphatic heterocycles. The summed E-state index contributed by atoms with van der Waals surface area (Å²) in [4.78, 5) is 29.2. The highest BCUT2D eigenvalue weighted by Gasteiger charge is 2.19. The zero-order valence-electron chi connectivity index (χ0n) is 37.6. The summed E-state index contributed by atoms with van der Waals surface area (Å²) in [6.07, 6.45) is 5.79. The number of aromatic nitrogens is 10. The average molecular weight is 925 g/mol. The smallest absolute Gasteiger partial charge is 0.259 e. The summed E-state index contributed by atoms with van der Waals surface area (Å²) < 4.78 is 46.1. The van der Waals surface area contributed by atoms with Crippen molar-refractivity contribution in [3.8, 4) is 23.2 Å². The number of nitrogens with two attached hydrogens (primary N) is 3. The Bertz CT molecular complexity index is 2820. The van der Waals surface area contributed by atoms with Crippen molar-refractivity contribution < 1.29 is 26.7 Å². The summed E-state index contributed by atoms with van der Waals surface area (Å²) in [6, 6.07) is 24.1. The molecule has 6 aromatic heterocycles. The number of sulfone groups is 1. The van der Waals surface area contributed by atoms with E-state index in [4.69, 9.17) is 35.5 Å². The molecule has 0 bridgehead atoms. The summed E-state index contributed by atoms with van der Waals surface area (Å²) in [7, 11) is -0.111. The van der Waals surface area contributed by atoms with Crippen LogP contribution in [-0.4, -0.2) is 131 Å². The van der Waals surface area contributed by atoms with Gasteiger partial charge in [0, 0.05) is 64.6 Å². The number of rotatable bonds is 19. The molecular weight excluding hydrogens is 869 g/mol. The molecule has 6 heterocycles. The standard InChI is InChI=1S/C21H26N8O2.C13H22N2O.C9H8N6O3S/c1-3-28(12-14-30-2)16-8-6-15(7-9-16)10-11-23-20-25-19(22)29-21(26-20)24-18(27-29)17-5-4-13-31-17;1-3-15(10-11-16-2)13-6-4-12(5-7-13)8-9-14;1-19(16,17)9-12-7(10)15-8(13-9)11-6(14-15)5-3-2-4-18-5/h4-9,13H,3,10-12,14H2,1-2H3,(H3,22,23,24,25,26,27);4-7H,3,8-11,14H2,1-2H3;2-4H,1H3,(H2,10,11,12,13,14). The maximum Gasteiger partial charge on any atom is 0.259 e. The Hall–Kier alpha value is -7.21. The minimum atomic E-state index is -3.57. The van der Waals surface area contributed by atoms with Crippen molar-refractivity contribution in [2.24, 2.45) is 5.73 Å². The van der Waals surface area contributed by atoms with Crippen molar-refractivity contribution >= 4 is 50.6 Å². The van der Waals surface area contributed by atoms with Crippen molar-refractivity contribution in [3.05, 3.63) is 96.4 Å². The van der Waals surface area contributed by atoms with Gasteiger partial charge in [-0.1, -0.05) is 24.3 Å². The molecule has 66 heavy (non-hydrogen) atoms. The Balaban J connectivity index is 0.000000176. The van der Waals surface area contributed by atoms with Gasteiger partial charge in [-0.15, -0.1) is 10.2 Å². The molecule has 8 rings (SSSR count). The number of furan rings is 2. The van der Waals surface area contributed by atoms with Crippen molar-refractivity contribution in [1.82, 2.24) is 49.1 Å². The number of nitrogens with zero attached hydrogens (tertiary/aromatic N) is 12. The molecule has 2 aromatic carbocycles. The number of likely N-dealkylation sites (N-methyl/N-ethyl adjacent to an activating group) is 2. The molecule has 0 aliphatic carbocycles. The number of benzene rings is 2. The fourth-order valence-corrected chi connectivity index (χ4v) is 6.94. The van der Waals surface area contributed by atoms with E-state index in [0.29, 0.717) is 48.8 Å². The van der Waals surface area contributed by atoms with Crippen LogP contribution in [0.15, 0.2) is 99.3 Å². The molecular formula is C43H56N16O6S. The Morgan fingerprint density at radius 1 is 0.667 bits per heavy atom. The van der Waals surface area contributed by atoms with Crippen LogP contribution in [0.2, 0.25) is 0 Å². The Kier molecular flexibility index (Phi) is 16.9. The zero-order valence-corrected chi connectivity index (χ0v) is 38.4. The number of hydrogen-bond donors (Lipinski definition) is 4.